The Kier molecular flexibility index (Phi) is 4.22. The van der Waals surface area contributed by atoms with Gasteiger partial charge in [-0.25, -0.2) is 14.8 Å². The van der Waals surface area contributed by atoms with E-state index in [1.165, 1.54) is 16.9 Å². The second kappa shape index (κ2) is 6.29. The smallest absolute Gasteiger partial charge is 0.410 e. The highest BCUT2D eigenvalue weighted by atomic mass is 16.6. The van der Waals surface area contributed by atoms with E-state index in [1.54, 1.807) is 0 Å². The van der Waals surface area contributed by atoms with Crippen molar-refractivity contribution in [3.05, 3.63) is 22.8 Å². The summed E-state index contributed by atoms with van der Waals surface area (Å²) in [6.45, 7) is 3.11. The molecule has 1 fully saturated rings. The van der Waals surface area contributed by atoms with Gasteiger partial charge in [0.1, 0.15) is 19.0 Å². The number of aryl methyl sites for hydroxylation is 2. The number of cyclic esters (lactones) is 1. The molecular weight excluding hydrogens is 284 g/mol. The Morgan fingerprint density at radius 3 is 2.91 bits per heavy atom. The summed E-state index contributed by atoms with van der Waals surface area (Å²) >= 11 is 0. The standard InChI is InChI=1S/C15H20N4O3/c1-10-11-4-2-3-5-12(11)18-13(17-10)8-16-14(20)9-19-6-7-22-15(19)21/h2-9H2,1H3,(H,16,20). The van der Waals surface area contributed by atoms with Gasteiger partial charge in [0.2, 0.25) is 5.91 Å². The lowest BCUT2D eigenvalue weighted by molar-refractivity contribution is -0.121. The minimum Gasteiger partial charge on any atom is -0.448 e. The first-order valence-corrected chi connectivity index (χ1v) is 7.67. The largest absolute Gasteiger partial charge is 0.448 e. The molecule has 0 spiro atoms. The molecule has 2 amide bonds. The number of hydrogen-bond donors (Lipinski definition) is 1. The second-order valence-electron chi connectivity index (χ2n) is 5.67. The Morgan fingerprint density at radius 1 is 1.32 bits per heavy atom. The zero-order valence-electron chi connectivity index (χ0n) is 12.7. The molecule has 7 heteroatoms. The summed E-state index contributed by atoms with van der Waals surface area (Å²) in [7, 11) is 0. The predicted octanol–water partition coefficient (Wildman–Crippen LogP) is 0.732. The molecule has 2 aliphatic rings. The second-order valence-corrected chi connectivity index (χ2v) is 5.67. The Labute approximate surface area is 129 Å². The van der Waals surface area contributed by atoms with E-state index in [4.69, 9.17) is 4.74 Å². The van der Waals surface area contributed by atoms with Crippen molar-refractivity contribution in [2.45, 2.75) is 39.2 Å². The Bertz CT molecular complexity index is 603. The molecule has 1 aromatic rings. The highest BCUT2D eigenvalue weighted by Gasteiger charge is 2.24. The van der Waals surface area contributed by atoms with Gasteiger partial charge in [-0.2, -0.15) is 0 Å². The van der Waals surface area contributed by atoms with Crippen molar-refractivity contribution >= 4 is 12.0 Å². The normalized spacial score (nSPS) is 17.1. The highest BCUT2D eigenvalue weighted by molar-refractivity contribution is 5.82. The third-order valence-electron chi connectivity index (χ3n) is 4.06. The van der Waals surface area contributed by atoms with Crippen LogP contribution in [0, 0.1) is 6.92 Å². The molecular formula is C15H20N4O3. The third kappa shape index (κ3) is 3.18. The fourth-order valence-corrected chi connectivity index (χ4v) is 2.90. The molecule has 0 atom stereocenters. The number of carbonyl (C=O) groups excluding carboxylic acids is 2. The van der Waals surface area contributed by atoms with E-state index in [1.807, 2.05) is 6.92 Å². The summed E-state index contributed by atoms with van der Waals surface area (Å²) in [4.78, 5) is 33.6. The van der Waals surface area contributed by atoms with Crippen molar-refractivity contribution in [2.24, 2.45) is 0 Å². The van der Waals surface area contributed by atoms with Gasteiger partial charge in [0.25, 0.3) is 0 Å². The number of amides is 2. The van der Waals surface area contributed by atoms with Gasteiger partial charge in [0.05, 0.1) is 13.1 Å². The molecule has 0 unspecified atom stereocenters. The summed E-state index contributed by atoms with van der Waals surface area (Å²) in [5, 5.41) is 2.77. The van der Waals surface area contributed by atoms with E-state index in [2.05, 4.69) is 15.3 Å². The SMILES string of the molecule is Cc1nc(CNC(=O)CN2CCOC2=O)nc2c1CCCC2. The van der Waals surface area contributed by atoms with Crippen molar-refractivity contribution in [1.82, 2.24) is 20.2 Å². The lowest BCUT2D eigenvalue weighted by Crippen LogP contribution is -2.37. The van der Waals surface area contributed by atoms with Gasteiger partial charge in [-0.1, -0.05) is 0 Å². The molecule has 118 valence electrons. The lowest BCUT2D eigenvalue weighted by Gasteiger charge is -2.18. The van der Waals surface area contributed by atoms with Crippen LogP contribution in [0.5, 0.6) is 0 Å². The van der Waals surface area contributed by atoms with Crippen LogP contribution in [0.1, 0.15) is 35.6 Å². The molecule has 0 saturated carbocycles. The quantitative estimate of drug-likeness (QED) is 0.886. The molecule has 22 heavy (non-hydrogen) atoms. The minimum absolute atomic E-state index is 0.0166. The monoisotopic (exact) mass is 304 g/mol. The maximum absolute atomic E-state index is 11.9. The van der Waals surface area contributed by atoms with Crippen molar-refractivity contribution in [3.8, 4) is 0 Å². The van der Waals surface area contributed by atoms with Crippen molar-refractivity contribution in [3.63, 3.8) is 0 Å². The molecule has 1 saturated heterocycles. The van der Waals surface area contributed by atoms with Gasteiger partial charge in [0, 0.05) is 11.4 Å². The van der Waals surface area contributed by atoms with Crippen molar-refractivity contribution in [2.75, 3.05) is 19.7 Å². The average molecular weight is 304 g/mol. The Morgan fingerprint density at radius 2 is 2.14 bits per heavy atom. The van der Waals surface area contributed by atoms with Crippen LogP contribution in [-0.4, -0.2) is 46.6 Å². The molecule has 1 N–H and O–H groups in total. The number of nitrogens with zero attached hydrogens (tertiary/aromatic N) is 3. The summed E-state index contributed by atoms with van der Waals surface area (Å²) in [6, 6.07) is 0. The van der Waals surface area contributed by atoms with Crippen LogP contribution in [0.4, 0.5) is 4.79 Å². The predicted molar refractivity (Wildman–Crippen MR) is 78.2 cm³/mol. The van der Waals surface area contributed by atoms with E-state index in [0.29, 0.717) is 19.0 Å². The fraction of sp³-hybridized carbons (Fsp3) is 0.600. The lowest BCUT2D eigenvalue weighted by atomic mass is 9.95. The van der Waals surface area contributed by atoms with E-state index >= 15 is 0 Å². The first-order chi connectivity index (χ1) is 10.6. The minimum atomic E-state index is -0.434. The van der Waals surface area contributed by atoms with Crippen LogP contribution in [0.3, 0.4) is 0 Å². The van der Waals surface area contributed by atoms with Crippen LogP contribution < -0.4 is 5.32 Å². The third-order valence-corrected chi connectivity index (χ3v) is 4.06. The van der Waals surface area contributed by atoms with E-state index in [9.17, 15) is 9.59 Å². The fourth-order valence-electron chi connectivity index (χ4n) is 2.90. The highest BCUT2D eigenvalue weighted by Crippen LogP contribution is 2.21. The van der Waals surface area contributed by atoms with Crippen LogP contribution in [0.25, 0.3) is 0 Å². The summed E-state index contributed by atoms with van der Waals surface area (Å²) in [5.41, 5.74) is 3.39. The summed E-state index contributed by atoms with van der Waals surface area (Å²) in [6.07, 6.45) is 3.95. The maximum atomic E-state index is 11.9. The van der Waals surface area contributed by atoms with Gasteiger partial charge in [-0.05, 0) is 38.2 Å². The zero-order valence-corrected chi connectivity index (χ0v) is 12.7. The van der Waals surface area contributed by atoms with Crippen molar-refractivity contribution < 1.29 is 14.3 Å². The zero-order chi connectivity index (χ0) is 15.5. The number of hydrogen-bond acceptors (Lipinski definition) is 5. The van der Waals surface area contributed by atoms with Crippen LogP contribution >= 0.6 is 0 Å². The molecule has 2 heterocycles. The molecule has 0 bridgehead atoms. The molecule has 3 rings (SSSR count). The number of carbonyl (C=O) groups is 2. The van der Waals surface area contributed by atoms with E-state index < -0.39 is 6.09 Å². The molecule has 1 aliphatic heterocycles. The number of fused-ring (bicyclic) bond motifs is 1. The number of nitrogens with one attached hydrogen (secondary N) is 1. The molecule has 0 radical (unpaired) electrons. The molecule has 0 aromatic carbocycles. The van der Waals surface area contributed by atoms with Gasteiger partial charge in [0.15, 0.2) is 0 Å². The average Bonchev–Trinajstić information content (AvgIpc) is 2.90. The Balaban J connectivity index is 1.58. The van der Waals surface area contributed by atoms with Gasteiger partial charge < -0.3 is 10.1 Å². The Hall–Kier alpha value is -2.18. The topological polar surface area (TPSA) is 84.4 Å². The molecule has 1 aromatic heterocycles. The van der Waals surface area contributed by atoms with Crippen molar-refractivity contribution in [1.29, 1.82) is 0 Å². The molecule has 1 aliphatic carbocycles. The van der Waals surface area contributed by atoms with Gasteiger partial charge in [-0.15, -0.1) is 0 Å². The van der Waals surface area contributed by atoms with Crippen LogP contribution in [0.15, 0.2) is 0 Å². The first kappa shape index (κ1) is 14.7. The maximum Gasteiger partial charge on any atom is 0.410 e. The van der Waals surface area contributed by atoms with Gasteiger partial charge >= 0.3 is 6.09 Å². The molecule has 7 nitrogen and oxygen atoms in total. The van der Waals surface area contributed by atoms with E-state index in [0.717, 1.165) is 30.7 Å². The van der Waals surface area contributed by atoms with E-state index in [-0.39, 0.29) is 19.0 Å². The van der Waals surface area contributed by atoms with Crippen LogP contribution in [0.2, 0.25) is 0 Å². The first-order valence-electron chi connectivity index (χ1n) is 7.67. The van der Waals surface area contributed by atoms with Gasteiger partial charge in [-0.3, -0.25) is 9.69 Å². The number of ether oxygens (including phenoxy) is 1. The number of aromatic nitrogens is 2. The summed E-state index contributed by atoms with van der Waals surface area (Å²) in [5.74, 6) is 0.410. The summed E-state index contributed by atoms with van der Waals surface area (Å²) < 4.78 is 4.79. The number of rotatable bonds is 4. The van der Waals surface area contributed by atoms with Crippen LogP contribution in [-0.2, 0) is 28.9 Å².